The first-order valence-electron chi connectivity index (χ1n) is 9.07. The molecule has 27 heavy (non-hydrogen) atoms. The number of aliphatic imine (C=N–C) groups is 1. The van der Waals surface area contributed by atoms with E-state index in [4.69, 9.17) is 0 Å². The summed E-state index contributed by atoms with van der Waals surface area (Å²) in [5.41, 5.74) is 0. The van der Waals surface area contributed by atoms with Crippen LogP contribution in [0.25, 0.3) is 0 Å². The lowest BCUT2D eigenvalue weighted by molar-refractivity contribution is -0.181. The lowest BCUT2D eigenvalue weighted by Crippen LogP contribution is -2.56. The minimum absolute atomic E-state index is 0. The second-order valence-electron chi connectivity index (χ2n) is 6.78. The molecule has 7 nitrogen and oxygen atoms in total. The van der Waals surface area contributed by atoms with Gasteiger partial charge in [-0.05, 0) is 19.8 Å². The third-order valence-corrected chi connectivity index (χ3v) is 5.19. The third kappa shape index (κ3) is 5.24. The van der Waals surface area contributed by atoms with Crippen LogP contribution in [0.1, 0.15) is 31.4 Å². The van der Waals surface area contributed by atoms with Gasteiger partial charge in [0.05, 0.1) is 6.54 Å². The Labute approximate surface area is 174 Å². The van der Waals surface area contributed by atoms with Gasteiger partial charge in [-0.25, -0.2) is 0 Å². The maximum Gasteiger partial charge on any atom is 0.403 e. The Kier molecular flexibility index (Phi) is 7.72. The Balaban J connectivity index is 0.00000261. The van der Waals surface area contributed by atoms with Crippen LogP contribution < -0.4 is 5.32 Å². The van der Waals surface area contributed by atoms with Crippen molar-refractivity contribution in [1.82, 2.24) is 29.9 Å². The lowest BCUT2D eigenvalue weighted by atomic mass is 10.2. The van der Waals surface area contributed by atoms with Gasteiger partial charge in [-0.1, -0.05) is 0 Å². The van der Waals surface area contributed by atoms with E-state index >= 15 is 0 Å². The van der Waals surface area contributed by atoms with Gasteiger partial charge in [-0.2, -0.15) is 13.2 Å². The SMILES string of the molecule is CN=C(NCc1nnc2n1CCCC2)N1CCN(C(C)C(F)(F)F)CC1.I. The van der Waals surface area contributed by atoms with Crippen molar-refractivity contribution in [2.45, 2.75) is 51.5 Å². The van der Waals surface area contributed by atoms with Gasteiger partial charge in [0.15, 0.2) is 11.8 Å². The molecular formula is C16H27F3IN7. The molecule has 1 aromatic rings. The average molecular weight is 501 g/mol. The fraction of sp³-hybridized carbons (Fsp3) is 0.812. The fourth-order valence-electron chi connectivity index (χ4n) is 3.52. The van der Waals surface area contributed by atoms with Crippen LogP contribution in [0, 0.1) is 0 Å². The summed E-state index contributed by atoms with van der Waals surface area (Å²) >= 11 is 0. The molecule has 1 aromatic heterocycles. The summed E-state index contributed by atoms with van der Waals surface area (Å²) in [5.74, 6) is 2.60. The van der Waals surface area contributed by atoms with Gasteiger partial charge >= 0.3 is 6.18 Å². The number of aryl methyl sites for hydroxylation is 1. The average Bonchev–Trinajstić information content (AvgIpc) is 3.05. The van der Waals surface area contributed by atoms with Crippen molar-refractivity contribution in [2.75, 3.05) is 33.2 Å². The number of nitrogens with one attached hydrogen (secondary N) is 1. The second kappa shape index (κ2) is 9.39. The van der Waals surface area contributed by atoms with Crippen LogP contribution in [0.2, 0.25) is 0 Å². The molecule has 0 spiro atoms. The van der Waals surface area contributed by atoms with Gasteiger partial charge in [0.2, 0.25) is 0 Å². The predicted molar refractivity (Wildman–Crippen MR) is 107 cm³/mol. The largest absolute Gasteiger partial charge is 0.403 e. The zero-order valence-electron chi connectivity index (χ0n) is 15.7. The van der Waals surface area contributed by atoms with E-state index in [0.29, 0.717) is 38.7 Å². The molecule has 3 rings (SSSR count). The van der Waals surface area contributed by atoms with Crippen molar-refractivity contribution in [3.63, 3.8) is 0 Å². The number of piperazine rings is 1. The molecule has 1 fully saturated rings. The maximum atomic E-state index is 12.9. The van der Waals surface area contributed by atoms with Gasteiger partial charge in [-0.3, -0.25) is 9.89 Å². The smallest absolute Gasteiger partial charge is 0.349 e. The number of hydrogen-bond donors (Lipinski definition) is 1. The van der Waals surface area contributed by atoms with E-state index in [1.807, 2.05) is 4.90 Å². The highest BCUT2D eigenvalue weighted by atomic mass is 127. The molecule has 0 aliphatic carbocycles. The van der Waals surface area contributed by atoms with E-state index in [-0.39, 0.29) is 24.0 Å². The number of nitrogens with zero attached hydrogens (tertiary/aromatic N) is 6. The number of guanidine groups is 1. The number of halogens is 4. The molecule has 1 N–H and O–H groups in total. The van der Waals surface area contributed by atoms with Crippen molar-refractivity contribution in [3.05, 3.63) is 11.6 Å². The van der Waals surface area contributed by atoms with E-state index < -0.39 is 12.2 Å². The van der Waals surface area contributed by atoms with Gasteiger partial charge in [0.1, 0.15) is 11.9 Å². The zero-order valence-corrected chi connectivity index (χ0v) is 18.0. The van der Waals surface area contributed by atoms with Crippen molar-refractivity contribution < 1.29 is 13.2 Å². The summed E-state index contributed by atoms with van der Waals surface area (Å²) < 4.78 is 40.7. The quantitative estimate of drug-likeness (QED) is 0.390. The van der Waals surface area contributed by atoms with Gasteiger partial charge in [-0.15, -0.1) is 34.2 Å². The van der Waals surface area contributed by atoms with Crippen molar-refractivity contribution in [2.24, 2.45) is 4.99 Å². The molecule has 2 aliphatic heterocycles. The van der Waals surface area contributed by atoms with E-state index in [9.17, 15) is 13.2 Å². The van der Waals surface area contributed by atoms with Crippen molar-refractivity contribution in [3.8, 4) is 0 Å². The minimum atomic E-state index is -4.19. The van der Waals surface area contributed by atoms with Crippen LogP contribution in [-0.2, 0) is 19.5 Å². The molecule has 0 saturated carbocycles. The van der Waals surface area contributed by atoms with E-state index in [2.05, 4.69) is 25.1 Å². The first kappa shape index (κ1) is 22.2. The fourth-order valence-corrected chi connectivity index (χ4v) is 3.52. The Morgan fingerprint density at radius 1 is 1.15 bits per heavy atom. The topological polar surface area (TPSA) is 61.6 Å². The molecule has 1 saturated heterocycles. The van der Waals surface area contributed by atoms with Crippen LogP contribution in [0.4, 0.5) is 13.2 Å². The predicted octanol–water partition coefficient (Wildman–Crippen LogP) is 1.88. The molecule has 1 atom stereocenters. The maximum absolute atomic E-state index is 12.9. The standard InChI is InChI=1S/C16H26F3N7.HI/c1-12(16(17,18)19)24-7-9-25(10-8-24)15(20-2)21-11-14-23-22-13-5-3-4-6-26(13)14;/h12H,3-11H2,1-2H3,(H,20,21);1H. The monoisotopic (exact) mass is 501 g/mol. The molecule has 0 bridgehead atoms. The molecule has 1 unspecified atom stereocenters. The number of alkyl halides is 3. The lowest BCUT2D eigenvalue weighted by Gasteiger charge is -2.39. The number of hydrogen-bond acceptors (Lipinski definition) is 4. The molecule has 11 heteroatoms. The molecular weight excluding hydrogens is 474 g/mol. The van der Waals surface area contributed by atoms with Crippen LogP contribution in [0.15, 0.2) is 4.99 Å². The van der Waals surface area contributed by atoms with Crippen LogP contribution >= 0.6 is 24.0 Å². The molecule has 154 valence electrons. The molecule has 0 amide bonds. The Bertz CT molecular complexity index is 638. The number of aromatic nitrogens is 3. The van der Waals surface area contributed by atoms with Crippen LogP contribution in [0.3, 0.4) is 0 Å². The molecule has 0 aromatic carbocycles. The Hall–Kier alpha value is -1.11. The summed E-state index contributed by atoms with van der Waals surface area (Å²) in [5, 5.41) is 11.8. The summed E-state index contributed by atoms with van der Waals surface area (Å²) in [6.45, 7) is 4.42. The molecule has 0 radical (unpaired) electrons. The summed E-state index contributed by atoms with van der Waals surface area (Å²) in [7, 11) is 1.69. The van der Waals surface area contributed by atoms with Gasteiger partial charge < -0.3 is 14.8 Å². The van der Waals surface area contributed by atoms with Crippen molar-refractivity contribution >= 4 is 29.9 Å². The second-order valence-corrected chi connectivity index (χ2v) is 6.78. The third-order valence-electron chi connectivity index (χ3n) is 5.19. The highest BCUT2D eigenvalue weighted by Gasteiger charge is 2.41. The highest BCUT2D eigenvalue weighted by molar-refractivity contribution is 14.0. The summed E-state index contributed by atoms with van der Waals surface area (Å²) in [6, 6.07) is -1.41. The van der Waals surface area contributed by atoms with E-state index in [1.165, 1.54) is 11.8 Å². The summed E-state index contributed by atoms with van der Waals surface area (Å²) in [4.78, 5) is 7.74. The highest BCUT2D eigenvalue weighted by Crippen LogP contribution is 2.25. The first-order chi connectivity index (χ1) is 12.4. The van der Waals surface area contributed by atoms with Crippen LogP contribution in [0.5, 0.6) is 0 Å². The molecule has 2 aliphatic rings. The van der Waals surface area contributed by atoms with Gasteiger partial charge in [0.25, 0.3) is 0 Å². The summed E-state index contributed by atoms with van der Waals surface area (Å²) in [6.07, 6.45) is -0.949. The van der Waals surface area contributed by atoms with Gasteiger partial charge in [0, 0.05) is 46.2 Å². The van der Waals surface area contributed by atoms with Crippen molar-refractivity contribution in [1.29, 1.82) is 0 Å². The minimum Gasteiger partial charge on any atom is -0.349 e. The Morgan fingerprint density at radius 2 is 1.85 bits per heavy atom. The van der Waals surface area contributed by atoms with E-state index in [0.717, 1.165) is 37.5 Å². The molecule has 3 heterocycles. The van der Waals surface area contributed by atoms with E-state index in [1.54, 1.807) is 7.05 Å². The number of rotatable bonds is 3. The van der Waals surface area contributed by atoms with Crippen LogP contribution in [-0.4, -0.2) is 76.0 Å². The normalized spacial score (nSPS) is 20.0. The first-order valence-corrected chi connectivity index (χ1v) is 9.07. The number of fused-ring (bicyclic) bond motifs is 1. The zero-order chi connectivity index (χ0) is 18.7. The Morgan fingerprint density at radius 3 is 2.48 bits per heavy atom.